The highest BCUT2D eigenvalue weighted by molar-refractivity contribution is 5.77. The first-order valence-electron chi connectivity index (χ1n) is 4.72. The second-order valence-electron chi connectivity index (χ2n) is 2.96. The van der Waals surface area contributed by atoms with E-state index in [9.17, 15) is 4.79 Å². The van der Waals surface area contributed by atoms with E-state index in [1.54, 1.807) is 0 Å². The summed E-state index contributed by atoms with van der Waals surface area (Å²) in [5, 5.41) is 0. The van der Waals surface area contributed by atoms with Crippen molar-refractivity contribution < 1.29 is 9.53 Å². The number of carbonyl (C=O) groups is 1. The second kappa shape index (κ2) is 5.56. The Labute approximate surface area is 78.6 Å². The summed E-state index contributed by atoms with van der Waals surface area (Å²) in [4.78, 5) is 16.4. The van der Waals surface area contributed by atoms with Crippen LogP contribution in [0.2, 0.25) is 0 Å². The number of hydrogen-bond donors (Lipinski definition) is 0. The maximum Gasteiger partial charge on any atom is 0.222 e. The molecule has 0 bridgehead atoms. The molecule has 0 unspecified atom stereocenters. The molecule has 1 amide bonds. The zero-order valence-corrected chi connectivity index (χ0v) is 8.03. The molecule has 0 spiro atoms. The smallest absolute Gasteiger partial charge is 0.222 e. The first-order chi connectivity index (χ1) is 6.34. The number of rotatable bonds is 1. The van der Waals surface area contributed by atoms with Gasteiger partial charge in [-0.15, -0.1) is 0 Å². The van der Waals surface area contributed by atoms with Gasteiger partial charge in [0.1, 0.15) is 6.61 Å². The van der Waals surface area contributed by atoms with Crippen molar-refractivity contribution in [1.82, 2.24) is 4.90 Å². The molecule has 4 heteroatoms. The van der Waals surface area contributed by atoms with Gasteiger partial charge in [0.05, 0.1) is 6.54 Å². The van der Waals surface area contributed by atoms with Crippen LogP contribution in [-0.2, 0) is 9.53 Å². The van der Waals surface area contributed by atoms with Crippen LogP contribution in [0.1, 0.15) is 19.8 Å². The summed E-state index contributed by atoms with van der Waals surface area (Å²) in [5.74, 6) is 0.326. The first-order valence-corrected chi connectivity index (χ1v) is 4.72. The molecule has 0 aromatic heterocycles. The summed E-state index contributed by atoms with van der Waals surface area (Å²) in [6.45, 7) is 5.51. The van der Waals surface area contributed by atoms with Crippen LogP contribution in [0.5, 0.6) is 0 Å². The fourth-order valence-corrected chi connectivity index (χ4v) is 1.30. The van der Waals surface area contributed by atoms with Crippen molar-refractivity contribution in [1.29, 1.82) is 0 Å². The van der Waals surface area contributed by atoms with Gasteiger partial charge in [-0.05, 0) is 13.3 Å². The fraction of sp³-hybridized carbons (Fsp3) is 0.778. The lowest BCUT2D eigenvalue weighted by atomic mass is 10.4. The highest BCUT2D eigenvalue weighted by Gasteiger charge is 2.16. The molecule has 0 radical (unpaired) electrons. The fourth-order valence-electron chi connectivity index (χ4n) is 1.30. The predicted octanol–water partition coefficient (Wildman–Crippen LogP) is 0.674. The van der Waals surface area contributed by atoms with Crippen LogP contribution in [0.4, 0.5) is 0 Å². The third-order valence-electron chi connectivity index (χ3n) is 2.04. The topological polar surface area (TPSA) is 41.9 Å². The van der Waals surface area contributed by atoms with Crippen molar-refractivity contribution in [3.8, 4) is 0 Å². The number of hydrogen-bond acceptors (Lipinski definition) is 3. The van der Waals surface area contributed by atoms with Gasteiger partial charge in [0.25, 0.3) is 0 Å². The highest BCUT2D eigenvalue weighted by Crippen LogP contribution is 2.07. The molecule has 0 saturated carbocycles. The van der Waals surface area contributed by atoms with Gasteiger partial charge in [-0.25, -0.2) is 0 Å². The maximum atomic E-state index is 10.7. The minimum atomic E-state index is 0.326. The van der Waals surface area contributed by atoms with E-state index in [1.807, 2.05) is 11.8 Å². The first kappa shape index (κ1) is 10.0. The average molecular weight is 184 g/mol. The van der Waals surface area contributed by atoms with Gasteiger partial charge in [0, 0.05) is 19.5 Å². The lowest BCUT2D eigenvalue weighted by Gasteiger charge is -2.10. The van der Waals surface area contributed by atoms with E-state index < -0.39 is 0 Å². The molecule has 4 nitrogen and oxygen atoms in total. The number of ether oxygens (including phenoxy) is 1. The normalized spacial score (nSPS) is 19.8. The van der Waals surface area contributed by atoms with Gasteiger partial charge in [-0.2, -0.15) is 0 Å². The molecule has 2 aliphatic heterocycles. The quantitative estimate of drug-likeness (QED) is 0.601. The maximum absolute atomic E-state index is 10.7. The Morgan fingerprint density at radius 3 is 2.77 bits per heavy atom. The molecule has 2 heterocycles. The Hall–Kier alpha value is -1.06. The number of aliphatic imine (C=N–C) groups is 1. The van der Waals surface area contributed by atoms with Crippen molar-refractivity contribution >= 4 is 12.3 Å². The average Bonchev–Trinajstić information content (AvgIpc) is 2.76. The number of carbonyl (C=O) groups excluding carboxylic acids is 1. The molecular weight excluding hydrogens is 168 g/mol. The van der Waals surface area contributed by atoms with Gasteiger partial charge < -0.3 is 9.64 Å². The molecule has 0 aromatic carbocycles. The largest absolute Gasteiger partial charge is 0.482 e. The van der Waals surface area contributed by atoms with Crippen molar-refractivity contribution in [2.75, 3.05) is 26.2 Å². The second-order valence-corrected chi connectivity index (χ2v) is 2.96. The highest BCUT2D eigenvalue weighted by atomic mass is 16.5. The van der Waals surface area contributed by atoms with E-state index in [4.69, 9.17) is 0 Å². The van der Waals surface area contributed by atoms with E-state index in [0.717, 1.165) is 39.1 Å². The Morgan fingerprint density at radius 1 is 1.69 bits per heavy atom. The van der Waals surface area contributed by atoms with Gasteiger partial charge in [0.2, 0.25) is 5.91 Å². The Kier molecular flexibility index (Phi) is 4.29. The summed E-state index contributed by atoms with van der Waals surface area (Å²) >= 11 is 0. The van der Waals surface area contributed by atoms with Crippen LogP contribution < -0.4 is 0 Å². The van der Waals surface area contributed by atoms with Crippen molar-refractivity contribution in [2.24, 2.45) is 4.99 Å². The Bertz CT molecular complexity index is 186. The molecule has 1 saturated heterocycles. The standard InChI is InChI=1S/C6H11NO.C3H5NO/c1-2-7-5-3-4-6(7)8;1-2-5-3-4-1/h2-5H2,1H3;3H,1-2H2. The van der Waals surface area contributed by atoms with Crippen LogP contribution in [0, 0.1) is 0 Å². The van der Waals surface area contributed by atoms with E-state index in [0.29, 0.717) is 5.91 Å². The van der Waals surface area contributed by atoms with Crippen LogP contribution in [0.25, 0.3) is 0 Å². The van der Waals surface area contributed by atoms with Crippen LogP contribution in [0.15, 0.2) is 4.99 Å². The minimum absolute atomic E-state index is 0.326. The minimum Gasteiger partial charge on any atom is -0.482 e. The van der Waals surface area contributed by atoms with E-state index in [2.05, 4.69) is 9.73 Å². The third-order valence-corrected chi connectivity index (χ3v) is 2.04. The van der Waals surface area contributed by atoms with E-state index in [-0.39, 0.29) is 0 Å². The van der Waals surface area contributed by atoms with Crippen LogP contribution in [0.3, 0.4) is 0 Å². The van der Waals surface area contributed by atoms with E-state index >= 15 is 0 Å². The monoisotopic (exact) mass is 184 g/mol. The summed E-state index contributed by atoms with van der Waals surface area (Å²) in [5.41, 5.74) is 0. The summed E-state index contributed by atoms with van der Waals surface area (Å²) in [7, 11) is 0. The third kappa shape index (κ3) is 3.44. The molecule has 13 heavy (non-hydrogen) atoms. The molecule has 2 rings (SSSR count). The van der Waals surface area contributed by atoms with Gasteiger partial charge in [-0.3, -0.25) is 9.79 Å². The molecule has 0 atom stereocenters. The van der Waals surface area contributed by atoms with Crippen molar-refractivity contribution in [2.45, 2.75) is 19.8 Å². The van der Waals surface area contributed by atoms with Crippen LogP contribution in [-0.4, -0.2) is 43.4 Å². The summed E-state index contributed by atoms with van der Waals surface area (Å²) in [6.07, 6.45) is 3.32. The number of nitrogens with zero attached hydrogens (tertiary/aromatic N) is 2. The summed E-state index contributed by atoms with van der Waals surface area (Å²) < 4.78 is 4.65. The zero-order chi connectivity index (χ0) is 9.52. The lowest BCUT2D eigenvalue weighted by molar-refractivity contribution is -0.127. The Morgan fingerprint density at radius 2 is 2.54 bits per heavy atom. The lowest BCUT2D eigenvalue weighted by Crippen LogP contribution is -2.23. The summed E-state index contributed by atoms with van der Waals surface area (Å²) in [6, 6.07) is 0. The number of amides is 1. The molecule has 74 valence electrons. The van der Waals surface area contributed by atoms with Crippen molar-refractivity contribution in [3.05, 3.63) is 0 Å². The van der Waals surface area contributed by atoms with E-state index in [1.165, 1.54) is 6.40 Å². The molecule has 0 aliphatic carbocycles. The van der Waals surface area contributed by atoms with Gasteiger partial charge in [0.15, 0.2) is 6.40 Å². The Balaban J connectivity index is 0.000000145. The molecule has 2 aliphatic rings. The van der Waals surface area contributed by atoms with Gasteiger partial charge in [-0.1, -0.05) is 0 Å². The SMILES string of the molecule is C1=NCCO1.CCN1CCCC1=O. The molecule has 0 aromatic rings. The number of likely N-dealkylation sites (tertiary alicyclic amines) is 1. The molecule has 0 N–H and O–H groups in total. The van der Waals surface area contributed by atoms with Crippen LogP contribution >= 0.6 is 0 Å². The molecular formula is C9H16N2O2. The molecule has 1 fully saturated rings. The zero-order valence-electron chi connectivity index (χ0n) is 8.03. The van der Waals surface area contributed by atoms with Gasteiger partial charge >= 0.3 is 0 Å². The predicted molar refractivity (Wildman–Crippen MR) is 50.8 cm³/mol. The van der Waals surface area contributed by atoms with Crippen molar-refractivity contribution in [3.63, 3.8) is 0 Å².